The summed E-state index contributed by atoms with van der Waals surface area (Å²) in [5.74, 6) is -5.69. The second kappa shape index (κ2) is 7.52. The van der Waals surface area contributed by atoms with Gasteiger partial charge in [-0.2, -0.15) is 0 Å². The zero-order valence-electron chi connectivity index (χ0n) is 20.3. The number of halogens is 2. The van der Waals surface area contributed by atoms with E-state index in [0.717, 1.165) is 27.8 Å². The lowest BCUT2D eigenvalue weighted by Crippen LogP contribution is -2.57. The number of aromatic hydroxyl groups is 1. The average molecular weight is 424 g/mol. The van der Waals surface area contributed by atoms with E-state index in [-0.39, 0.29) is 19.6 Å². The van der Waals surface area contributed by atoms with Crippen LogP contribution in [0.25, 0.3) is 0 Å². The summed E-state index contributed by atoms with van der Waals surface area (Å²) in [5.41, 5.74) is -3.33. The van der Waals surface area contributed by atoms with Crippen molar-refractivity contribution < 1.29 is 35.1 Å². The first-order valence-electron chi connectivity index (χ1n) is 11.4. The van der Waals surface area contributed by atoms with Gasteiger partial charge in [-0.1, -0.05) is 6.07 Å². The van der Waals surface area contributed by atoms with E-state index in [1.54, 1.807) is 0 Å². The lowest BCUT2D eigenvalue weighted by molar-refractivity contribution is -0.112. The molecule has 2 aromatic rings. The normalized spacial score (nSPS) is 23.9. The van der Waals surface area contributed by atoms with E-state index in [2.05, 4.69) is 0 Å². The highest BCUT2D eigenvalue weighted by Crippen LogP contribution is 2.29. The molecule has 0 unspecified atom stereocenters. The quantitative estimate of drug-likeness (QED) is 0.775. The van der Waals surface area contributed by atoms with E-state index in [9.17, 15) is 28.3 Å². The fourth-order valence-corrected chi connectivity index (χ4v) is 3.40. The molecular formula is C20H19F2N3O5. The minimum atomic E-state index is -2.87. The summed E-state index contributed by atoms with van der Waals surface area (Å²) in [7, 11) is 0. The monoisotopic (exact) mass is 424 g/mol. The van der Waals surface area contributed by atoms with Crippen molar-refractivity contribution in [1.29, 1.82) is 0 Å². The van der Waals surface area contributed by atoms with Crippen LogP contribution in [0.4, 0.5) is 8.78 Å². The van der Waals surface area contributed by atoms with Crippen LogP contribution < -0.4 is 10.7 Å². The van der Waals surface area contributed by atoms with Gasteiger partial charge in [0.15, 0.2) is 17.7 Å². The minimum absolute atomic E-state index is 0.0131. The topological polar surface area (TPSA) is 101 Å². The number of benzene rings is 1. The Morgan fingerprint density at radius 3 is 2.97 bits per heavy atom. The predicted molar refractivity (Wildman–Crippen MR) is 99.9 cm³/mol. The summed E-state index contributed by atoms with van der Waals surface area (Å²) in [6.07, 6.45) is -0.132. The molecule has 1 fully saturated rings. The Bertz CT molecular complexity index is 1280. The molecule has 2 atom stereocenters. The third kappa shape index (κ3) is 3.32. The standard InChI is InChI=1S/C20H19F2N3O5/c1-10-4-5-30-15-9-24-8-13(17(26)18(27)16(24)20(29)25(10)15)19(28)23-7-11-2-3-12(21)6-14(11)22/h2-3,6,8,10,15,27H,4-5,7,9H2,1H3,(H,23,28)/t10-,15+/m1/s1/i1D3,7D2. The third-order valence-electron chi connectivity index (χ3n) is 4.88. The number of aromatic nitrogens is 1. The number of fused-ring (bicyclic) bond motifs is 2. The Kier molecular flexibility index (Phi) is 3.68. The molecule has 2 aliphatic heterocycles. The maximum Gasteiger partial charge on any atom is 0.276 e. The van der Waals surface area contributed by atoms with Crippen LogP contribution in [0.15, 0.2) is 29.2 Å². The van der Waals surface area contributed by atoms with E-state index >= 15 is 0 Å². The van der Waals surface area contributed by atoms with Gasteiger partial charge in [0.2, 0.25) is 5.43 Å². The van der Waals surface area contributed by atoms with E-state index in [0.29, 0.717) is 6.07 Å². The van der Waals surface area contributed by atoms with Crippen LogP contribution in [0.1, 0.15) is 46.5 Å². The van der Waals surface area contributed by atoms with Gasteiger partial charge in [-0.05, 0) is 19.3 Å². The van der Waals surface area contributed by atoms with Crippen LogP contribution in [-0.4, -0.2) is 45.3 Å². The number of nitrogens with zero attached hydrogens (tertiary/aromatic N) is 2. The number of pyridine rings is 1. The van der Waals surface area contributed by atoms with E-state index in [1.165, 1.54) is 0 Å². The molecule has 0 saturated carbocycles. The van der Waals surface area contributed by atoms with Gasteiger partial charge >= 0.3 is 0 Å². The van der Waals surface area contributed by atoms with Gasteiger partial charge in [-0.25, -0.2) is 8.78 Å². The smallest absolute Gasteiger partial charge is 0.276 e. The molecule has 1 aromatic carbocycles. The summed E-state index contributed by atoms with van der Waals surface area (Å²) in [6, 6.07) is 0.790. The van der Waals surface area contributed by atoms with Gasteiger partial charge in [0.05, 0.1) is 15.9 Å². The van der Waals surface area contributed by atoms with E-state index in [1.807, 2.05) is 5.32 Å². The second-order valence-electron chi connectivity index (χ2n) is 6.77. The number of hydrogen-bond donors (Lipinski definition) is 2. The predicted octanol–water partition coefficient (Wildman–Crippen LogP) is 1.35. The molecule has 2 amide bonds. The first-order valence-corrected chi connectivity index (χ1v) is 8.91. The number of nitrogens with one attached hydrogen (secondary N) is 1. The first kappa shape index (κ1) is 14.7. The number of carbonyl (C=O) groups is 2. The molecule has 1 aromatic heterocycles. The molecule has 2 aliphatic rings. The molecule has 4 rings (SSSR count). The summed E-state index contributed by atoms with van der Waals surface area (Å²) < 4.78 is 72.8. The molecule has 8 nitrogen and oxygen atoms in total. The van der Waals surface area contributed by atoms with Crippen molar-refractivity contribution in [1.82, 2.24) is 14.8 Å². The fourth-order valence-electron chi connectivity index (χ4n) is 3.40. The molecule has 0 aliphatic carbocycles. The van der Waals surface area contributed by atoms with Gasteiger partial charge in [-0.15, -0.1) is 0 Å². The number of ether oxygens (including phenoxy) is 1. The molecule has 2 N–H and O–H groups in total. The molecule has 3 heterocycles. The minimum Gasteiger partial charge on any atom is -0.503 e. The summed E-state index contributed by atoms with van der Waals surface area (Å²) in [5, 5.41) is 12.3. The van der Waals surface area contributed by atoms with Crippen molar-refractivity contribution in [3.05, 3.63) is 63.1 Å². The summed E-state index contributed by atoms with van der Waals surface area (Å²) in [6.45, 7) is -5.60. The maximum atomic E-state index is 14.1. The van der Waals surface area contributed by atoms with Crippen LogP contribution in [-0.2, 0) is 17.8 Å². The Hall–Kier alpha value is -3.27. The Morgan fingerprint density at radius 2 is 2.23 bits per heavy atom. The largest absolute Gasteiger partial charge is 0.503 e. The highest BCUT2D eigenvalue weighted by Gasteiger charge is 2.41. The van der Waals surface area contributed by atoms with Crippen molar-refractivity contribution in [2.24, 2.45) is 0 Å². The number of rotatable bonds is 3. The molecular weight excluding hydrogens is 400 g/mol. The van der Waals surface area contributed by atoms with Gasteiger partial charge in [0.1, 0.15) is 17.2 Å². The highest BCUT2D eigenvalue weighted by atomic mass is 19.1. The second-order valence-corrected chi connectivity index (χ2v) is 6.77. The number of hydrogen-bond acceptors (Lipinski definition) is 5. The van der Waals surface area contributed by atoms with Gasteiger partial charge in [-0.3, -0.25) is 14.4 Å². The Balaban J connectivity index is 1.70. The average Bonchev–Trinajstić information content (AvgIpc) is 2.74. The zero-order valence-corrected chi connectivity index (χ0v) is 15.3. The van der Waals surface area contributed by atoms with E-state index in [4.69, 9.17) is 11.6 Å². The lowest BCUT2D eigenvalue weighted by Gasteiger charge is -2.44. The molecule has 0 spiro atoms. The van der Waals surface area contributed by atoms with Crippen molar-refractivity contribution in [3.63, 3.8) is 0 Å². The fraction of sp³-hybridized carbons (Fsp3) is 0.350. The lowest BCUT2D eigenvalue weighted by atomic mass is 10.1. The highest BCUT2D eigenvalue weighted by molar-refractivity contribution is 5.99. The molecule has 10 heteroatoms. The first-order chi connectivity index (χ1) is 16.2. The molecule has 0 bridgehead atoms. The van der Waals surface area contributed by atoms with Crippen molar-refractivity contribution >= 4 is 11.8 Å². The summed E-state index contributed by atoms with van der Waals surface area (Å²) >= 11 is 0. The maximum absolute atomic E-state index is 14.1. The Morgan fingerprint density at radius 1 is 1.43 bits per heavy atom. The van der Waals surface area contributed by atoms with E-state index < -0.39 is 77.1 Å². The van der Waals surface area contributed by atoms with Gasteiger partial charge in [0.25, 0.3) is 11.8 Å². The SMILES string of the molecule is [2H]C([2H])(NC(=O)c1cn2c(c(O)c1=O)C(=O)N1[C@H](C2)OCC[C@H]1C([2H])([2H])[2H])c1ccc(F)cc1F. The number of carbonyl (C=O) groups excluding carboxylic acids is 2. The van der Waals surface area contributed by atoms with Crippen molar-refractivity contribution in [3.8, 4) is 5.75 Å². The zero-order chi connectivity index (χ0) is 25.9. The van der Waals surface area contributed by atoms with Gasteiger partial charge in [0, 0.05) is 34.5 Å². The van der Waals surface area contributed by atoms with Crippen LogP contribution in [0, 0.1) is 11.6 Å². The molecule has 30 heavy (non-hydrogen) atoms. The van der Waals surface area contributed by atoms with Crippen LogP contribution in [0.2, 0.25) is 0 Å². The van der Waals surface area contributed by atoms with Crippen LogP contribution in [0.5, 0.6) is 5.75 Å². The van der Waals surface area contributed by atoms with Crippen LogP contribution >= 0.6 is 0 Å². The number of amides is 2. The van der Waals surface area contributed by atoms with Crippen molar-refractivity contribution in [2.75, 3.05) is 6.61 Å². The Labute approximate surface area is 176 Å². The third-order valence-corrected chi connectivity index (χ3v) is 4.88. The summed E-state index contributed by atoms with van der Waals surface area (Å²) in [4.78, 5) is 39.5. The molecule has 1 saturated heterocycles. The van der Waals surface area contributed by atoms with Crippen LogP contribution in [0.3, 0.4) is 0 Å². The van der Waals surface area contributed by atoms with Gasteiger partial charge < -0.3 is 24.6 Å². The molecule has 158 valence electrons. The molecule has 0 radical (unpaired) electrons. The van der Waals surface area contributed by atoms with Crippen molar-refractivity contribution in [2.45, 2.75) is 38.6 Å².